The summed E-state index contributed by atoms with van der Waals surface area (Å²) in [6.45, 7) is 0. The molecule has 0 saturated heterocycles. The molecule has 18 heavy (non-hydrogen) atoms. The Hall–Kier alpha value is -2.11. The molecule has 3 rings (SSSR count). The minimum Gasteiger partial charge on any atom is -0.382 e. The zero-order valence-electron chi connectivity index (χ0n) is 9.53. The Morgan fingerprint density at radius 3 is 2.56 bits per heavy atom. The highest BCUT2D eigenvalue weighted by atomic mass is 19.2. The molecule has 0 bridgehead atoms. The molecule has 0 amide bonds. The van der Waals surface area contributed by atoms with Crippen LogP contribution in [-0.2, 0) is 0 Å². The van der Waals surface area contributed by atoms with Crippen LogP contribution >= 0.6 is 0 Å². The van der Waals surface area contributed by atoms with E-state index in [9.17, 15) is 8.78 Å². The fourth-order valence-corrected chi connectivity index (χ4v) is 1.95. The molecular formula is C12H12F2N4. The predicted octanol–water partition coefficient (Wildman–Crippen LogP) is 2.00. The van der Waals surface area contributed by atoms with Gasteiger partial charge in [-0.1, -0.05) is 0 Å². The lowest BCUT2D eigenvalue weighted by Crippen LogP contribution is -2.14. The zero-order chi connectivity index (χ0) is 12.9. The standard InChI is InChI=1S/C12H12F2N4/c13-8-4-3-7(5-9(8)14)10-11(15)18(16)12(17-10)6-1-2-6/h3-6H,1-2,15-16H2. The van der Waals surface area contributed by atoms with E-state index in [-0.39, 0.29) is 5.82 Å². The number of hydrogen-bond acceptors (Lipinski definition) is 3. The summed E-state index contributed by atoms with van der Waals surface area (Å²) in [4.78, 5) is 4.34. The van der Waals surface area contributed by atoms with Gasteiger partial charge in [-0.2, -0.15) is 0 Å². The smallest absolute Gasteiger partial charge is 0.159 e. The Bertz CT molecular complexity index is 617. The molecule has 1 saturated carbocycles. The van der Waals surface area contributed by atoms with E-state index in [2.05, 4.69) is 4.98 Å². The number of benzene rings is 1. The number of imidazole rings is 1. The van der Waals surface area contributed by atoms with Gasteiger partial charge in [0.25, 0.3) is 0 Å². The van der Waals surface area contributed by atoms with Crippen molar-refractivity contribution in [2.24, 2.45) is 0 Å². The molecule has 1 aromatic heterocycles. The summed E-state index contributed by atoms with van der Waals surface area (Å²) in [6, 6.07) is 3.56. The summed E-state index contributed by atoms with van der Waals surface area (Å²) in [5, 5.41) is 0. The van der Waals surface area contributed by atoms with Gasteiger partial charge < -0.3 is 11.6 Å². The van der Waals surface area contributed by atoms with Crippen LogP contribution in [0.1, 0.15) is 24.6 Å². The van der Waals surface area contributed by atoms with Crippen LogP contribution < -0.4 is 11.6 Å². The van der Waals surface area contributed by atoms with Crippen molar-refractivity contribution in [2.45, 2.75) is 18.8 Å². The lowest BCUT2D eigenvalue weighted by atomic mass is 10.1. The molecule has 0 radical (unpaired) electrons. The maximum atomic E-state index is 13.2. The van der Waals surface area contributed by atoms with Crippen molar-refractivity contribution in [3.8, 4) is 11.3 Å². The van der Waals surface area contributed by atoms with Gasteiger partial charge in [0.05, 0.1) is 0 Å². The van der Waals surface area contributed by atoms with Crippen molar-refractivity contribution in [1.82, 2.24) is 9.66 Å². The van der Waals surface area contributed by atoms with Gasteiger partial charge in [0, 0.05) is 11.5 Å². The quantitative estimate of drug-likeness (QED) is 0.801. The largest absolute Gasteiger partial charge is 0.382 e. The van der Waals surface area contributed by atoms with Gasteiger partial charge in [0.15, 0.2) is 17.5 Å². The molecule has 4 nitrogen and oxygen atoms in total. The third kappa shape index (κ3) is 1.61. The first-order valence-corrected chi connectivity index (χ1v) is 5.66. The van der Waals surface area contributed by atoms with E-state index in [1.165, 1.54) is 10.7 Å². The van der Waals surface area contributed by atoms with Crippen LogP contribution in [0.2, 0.25) is 0 Å². The summed E-state index contributed by atoms with van der Waals surface area (Å²) in [5.74, 6) is 5.29. The van der Waals surface area contributed by atoms with Gasteiger partial charge in [0.1, 0.15) is 11.5 Å². The third-order valence-electron chi connectivity index (χ3n) is 3.11. The molecule has 4 N–H and O–H groups in total. The molecule has 0 spiro atoms. The Balaban J connectivity index is 2.10. The number of nitrogens with zero attached hydrogens (tertiary/aromatic N) is 2. The Morgan fingerprint density at radius 1 is 1.22 bits per heavy atom. The summed E-state index contributed by atoms with van der Waals surface area (Å²) in [6.07, 6.45) is 2.07. The lowest BCUT2D eigenvalue weighted by molar-refractivity contribution is 0.509. The molecule has 6 heteroatoms. The molecule has 0 atom stereocenters. The molecule has 1 aliphatic rings. The Kier molecular flexibility index (Phi) is 2.26. The first kappa shape index (κ1) is 11.0. The lowest BCUT2D eigenvalue weighted by Gasteiger charge is -2.01. The highest BCUT2D eigenvalue weighted by Crippen LogP contribution is 2.41. The second-order valence-corrected chi connectivity index (χ2v) is 4.48. The predicted molar refractivity (Wildman–Crippen MR) is 64.1 cm³/mol. The normalized spacial score (nSPS) is 15.0. The number of hydrogen-bond donors (Lipinski definition) is 2. The molecule has 0 unspecified atom stereocenters. The second-order valence-electron chi connectivity index (χ2n) is 4.48. The summed E-state index contributed by atoms with van der Waals surface area (Å²) in [7, 11) is 0. The number of rotatable bonds is 2. The maximum absolute atomic E-state index is 13.2. The van der Waals surface area contributed by atoms with Gasteiger partial charge in [-0.3, -0.25) is 0 Å². The van der Waals surface area contributed by atoms with Crippen LogP contribution in [0, 0.1) is 11.6 Å². The van der Waals surface area contributed by atoms with Crippen LogP contribution in [-0.4, -0.2) is 9.66 Å². The number of aromatic nitrogens is 2. The van der Waals surface area contributed by atoms with E-state index in [4.69, 9.17) is 11.6 Å². The molecule has 1 heterocycles. The van der Waals surface area contributed by atoms with E-state index in [1.807, 2.05) is 0 Å². The molecule has 2 aromatic rings. The van der Waals surface area contributed by atoms with Crippen LogP contribution in [0.15, 0.2) is 18.2 Å². The molecule has 94 valence electrons. The van der Waals surface area contributed by atoms with Crippen molar-refractivity contribution in [1.29, 1.82) is 0 Å². The molecule has 1 fully saturated rings. The summed E-state index contributed by atoms with van der Waals surface area (Å²) in [5.41, 5.74) is 6.68. The van der Waals surface area contributed by atoms with Gasteiger partial charge in [-0.05, 0) is 31.0 Å². The molecule has 0 aliphatic heterocycles. The molecule has 1 aliphatic carbocycles. The SMILES string of the molecule is Nc1c(-c2ccc(F)c(F)c2)nc(C2CC2)n1N. The summed E-state index contributed by atoms with van der Waals surface area (Å²) < 4.78 is 27.4. The van der Waals surface area contributed by atoms with Gasteiger partial charge in [-0.25, -0.2) is 18.4 Å². The minimum absolute atomic E-state index is 0.267. The summed E-state index contributed by atoms with van der Waals surface area (Å²) >= 11 is 0. The Morgan fingerprint density at radius 2 is 1.94 bits per heavy atom. The van der Waals surface area contributed by atoms with Gasteiger partial charge in [0.2, 0.25) is 0 Å². The number of nitrogens with two attached hydrogens (primary N) is 2. The minimum atomic E-state index is -0.925. The van der Waals surface area contributed by atoms with Crippen LogP contribution in [0.3, 0.4) is 0 Å². The first-order valence-electron chi connectivity index (χ1n) is 5.66. The van der Waals surface area contributed by atoms with E-state index in [0.717, 1.165) is 25.0 Å². The van der Waals surface area contributed by atoms with E-state index in [0.29, 0.717) is 23.0 Å². The van der Waals surface area contributed by atoms with Crippen molar-refractivity contribution in [2.75, 3.05) is 11.6 Å². The van der Waals surface area contributed by atoms with E-state index >= 15 is 0 Å². The van der Waals surface area contributed by atoms with Crippen molar-refractivity contribution < 1.29 is 8.78 Å². The zero-order valence-corrected chi connectivity index (χ0v) is 9.53. The van der Waals surface area contributed by atoms with E-state index in [1.54, 1.807) is 0 Å². The number of anilines is 1. The maximum Gasteiger partial charge on any atom is 0.159 e. The van der Waals surface area contributed by atoms with Crippen LogP contribution in [0.25, 0.3) is 11.3 Å². The number of nitrogen functional groups attached to an aromatic ring is 2. The van der Waals surface area contributed by atoms with Gasteiger partial charge in [-0.15, -0.1) is 0 Å². The average Bonchev–Trinajstić information content (AvgIpc) is 3.13. The van der Waals surface area contributed by atoms with Crippen LogP contribution in [0.5, 0.6) is 0 Å². The van der Waals surface area contributed by atoms with Crippen molar-refractivity contribution in [3.05, 3.63) is 35.7 Å². The van der Waals surface area contributed by atoms with E-state index < -0.39 is 11.6 Å². The van der Waals surface area contributed by atoms with Crippen LogP contribution in [0.4, 0.5) is 14.6 Å². The van der Waals surface area contributed by atoms with Gasteiger partial charge >= 0.3 is 0 Å². The molecular weight excluding hydrogens is 238 g/mol. The number of halogens is 2. The highest BCUT2D eigenvalue weighted by molar-refractivity contribution is 5.71. The first-order chi connectivity index (χ1) is 8.58. The second kappa shape index (κ2) is 3.69. The third-order valence-corrected chi connectivity index (χ3v) is 3.11. The fourth-order valence-electron chi connectivity index (χ4n) is 1.95. The van der Waals surface area contributed by atoms with Crippen molar-refractivity contribution in [3.63, 3.8) is 0 Å². The topological polar surface area (TPSA) is 69.9 Å². The Labute approximate surface area is 102 Å². The average molecular weight is 250 g/mol. The molecule has 1 aromatic carbocycles. The highest BCUT2D eigenvalue weighted by Gasteiger charge is 2.30. The fraction of sp³-hybridized carbons (Fsp3) is 0.250. The van der Waals surface area contributed by atoms with Crippen molar-refractivity contribution >= 4 is 5.82 Å². The monoisotopic (exact) mass is 250 g/mol.